The molecule has 3 aromatic heterocycles. The van der Waals surface area contributed by atoms with Gasteiger partial charge >= 0.3 is 5.97 Å². The fourth-order valence-corrected chi connectivity index (χ4v) is 6.07. The van der Waals surface area contributed by atoms with Crippen molar-refractivity contribution in [3.05, 3.63) is 93.9 Å². The number of hydrogen-bond donors (Lipinski definition) is 1. The van der Waals surface area contributed by atoms with Gasteiger partial charge in [-0.25, -0.2) is 19.7 Å². The van der Waals surface area contributed by atoms with Crippen LogP contribution in [-0.4, -0.2) is 53.2 Å². The van der Waals surface area contributed by atoms with Crippen molar-refractivity contribution in [2.24, 2.45) is 5.92 Å². The predicted octanol–water partition coefficient (Wildman–Crippen LogP) is 6.33. The third-order valence-corrected chi connectivity index (χ3v) is 8.47. The fourth-order valence-electron chi connectivity index (χ4n) is 5.60. The number of halogens is 2. The smallest absolute Gasteiger partial charge is 0.335 e. The second kappa shape index (κ2) is 12.8. The summed E-state index contributed by atoms with van der Waals surface area (Å²) in [6.07, 6.45) is 8.34. The molecule has 224 valence electrons. The molecule has 1 fully saturated rings. The summed E-state index contributed by atoms with van der Waals surface area (Å²) in [5.41, 5.74) is 2.91. The molecule has 2 aromatic carbocycles. The predicted molar refractivity (Wildman–Crippen MR) is 163 cm³/mol. The van der Waals surface area contributed by atoms with Crippen LogP contribution in [0.3, 0.4) is 0 Å². The number of hydrogen-bond acceptors (Lipinski definition) is 7. The van der Waals surface area contributed by atoms with Crippen molar-refractivity contribution in [1.29, 1.82) is 0 Å². The number of aryl methyl sites for hydroxylation is 1. The number of carboxylic acid groups (broad SMARTS) is 1. The van der Waals surface area contributed by atoms with E-state index < -0.39 is 5.97 Å². The first-order valence-corrected chi connectivity index (χ1v) is 15.1. The lowest BCUT2D eigenvalue weighted by molar-refractivity contribution is 0.0697. The van der Waals surface area contributed by atoms with Crippen LogP contribution >= 0.6 is 23.2 Å². The molecule has 0 aliphatic carbocycles. The molecule has 0 bridgehead atoms. The lowest BCUT2D eigenvalue weighted by Gasteiger charge is -2.31. The average Bonchev–Trinajstić information content (AvgIpc) is 3.72. The van der Waals surface area contributed by atoms with E-state index in [0.29, 0.717) is 40.7 Å². The van der Waals surface area contributed by atoms with Gasteiger partial charge < -0.3 is 23.4 Å². The van der Waals surface area contributed by atoms with E-state index in [-0.39, 0.29) is 12.2 Å². The van der Waals surface area contributed by atoms with Gasteiger partial charge in [0.15, 0.2) is 6.61 Å². The Morgan fingerprint density at radius 3 is 2.72 bits per heavy atom. The summed E-state index contributed by atoms with van der Waals surface area (Å²) < 4.78 is 15.9. The van der Waals surface area contributed by atoms with Gasteiger partial charge in [0.1, 0.15) is 17.3 Å². The van der Waals surface area contributed by atoms with E-state index >= 15 is 0 Å². The van der Waals surface area contributed by atoms with Gasteiger partial charge in [-0.3, -0.25) is 4.90 Å². The Bertz CT molecular complexity index is 1740. The monoisotopic (exact) mass is 622 g/mol. The van der Waals surface area contributed by atoms with Gasteiger partial charge in [0.2, 0.25) is 5.89 Å². The third-order valence-electron chi connectivity index (χ3n) is 7.94. The highest BCUT2D eigenvalue weighted by Crippen LogP contribution is 2.29. The second-order valence-corrected chi connectivity index (χ2v) is 11.6. The molecule has 1 saturated heterocycles. The van der Waals surface area contributed by atoms with Crippen molar-refractivity contribution in [2.75, 3.05) is 13.1 Å². The van der Waals surface area contributed by atoms with E-state index in [2.05, 4.69) is 30.9 Å². The van der Waals surface area contributed by atoms with Crippen LogP contribution < -0.4 is 4.74 Å². The number of benzene rings is 2. The zero-order chi connectivity index (χ0) is 29.9. The minimum atomic E-state index is -0.950. The second-order valence-electron chi connectivity index (χ2n) is 10.8. The van der Waals surface area contributed by atoms with Gasteiger partial charge in [0.25, 0.3) is 0 Å². The molecule has 1 N–H and O–H groups in total. The molecule has 4 heterocycles. The Hall–Kier alpha value is -3.86. The van der Waals surface area contributed by atoms with E-state index in [9.17, 15) is 9.90 Å². The molecule has 0 atom stereocenters. The summed E-state index contributed by atoms with van der Waals surface area (Å²) in [5.74, 6) is 2.34. The fraction of sp³-hybridized carbons (Fsp3) is 0.355. The van der Waals surface area contributed by atoms with Gasteiger partial charge in [-0.05, 0) is 75.2 Å². The highest BCUT2D eigenvalue weighted by atomic mass is 35.5. The minimum absolute atomic E-state index is 0.188. The summed E-state index contributed by atoms with van der Waals surface area (Å²) in [6.45, 7) is 6.19. The van der Waals surface area contributed by atoms with Crippen molar-refractivity contribution in [1.82, 2.24) is 29.0 Å². The van der Waals surface area contributed by atoms with Crippen LogP contribution in [0.4, 0.5) is 0 Å². The van der Waals surface area contributed by atoms with Crippen LogP contribution in [0.5, 0.6) is 5.75 Å². The average molecular weight is 624 g/mol. The number of ether oxygens (including phenoxy) is 1. The number of piperidine rings is 1. The number of oxazole rings is 1. The zero-order valence-electron chi connectivity index (χ0n) is 23.7. The van der Waals surface area contributed by atoms with Crippen LogP contribution in [0.1, 0.15) is 53.3 Å². The van der Waals surface area contributed by atoms with Crippen molar-refractivity contribution in [3.8, 4) is 5.75 Å². The molecule has 1 aliphatic heterocycles. The number of carboxylic acids is 1. The van der Waals surface area contributed by atoms with Crippen LogP contribution in [0.2, 0.25) is 10.0 Å². The number of aromatic carboxylic acids is 1. The van der Waals surface area contributed by atoms with Crippen LogP contribution in [0.15, 0.2) is 59.5 Å². The van der Waals surface area contributed by atoms with Gasteiger partial charge in [-0.15, -0.1) is 0 Å². The topological polar surface area (TPSA) is 111 Å². The molecule has 10 nitrogen and oxygen atoms in total. The number of rotatable bonds is 11. The molecule has 0 radical (unpaired) electrons. The molecule has 6 rings (SSSR count). The van der Waals surface area contributed by atoms with Crippen molar-refractivity contribution in [3.63, 3.8) is 0 Å². The Balaban J connectivity index is 1.08. The summed E-state index contributed by atoms with van der Waals surface area (Å²) in [4.78, 5) is 27.7. The normalized spacial score (nSPS) is 14.5. The number of likely N-dealkylation sites (tertiary alicyclic amines) is 1. The molecular weight excluding hydrogens is 591 g/mol. The molecule has 0 spiro atoms. The van der Waals surface area contributed by atoms with Gasteiger partial charge in [0, 0.05) is 24.2 Å². The van der Waals surface area contributed by atoms with Gasteiger partial charge in [0.05, 0.1) is 52.9 Å². The molecular formula is C31H32Cl2N6O4. The molecule has 12 heteroatoms. The summed E-state index contributed by atoms with van der Waals surface area (Å²) >= 11 is 12.1. The number of carbonyl (C=O) groups is 1. The van der Waals surface area contributed by atoms with E-state index in [1.807, 2.05) is 12.5 Å². The highest BCUT2D eigenvalue weighted by molar-refractivity contribution is 6.35. The molecule has 0 unspecified atom stereocenters. The number of aromatic nitrogens is 5. The van der Waals surface area contributed by atoms with Crippen LogP contribution in [0, 0.1) is 5.92 Å². The van der Waals surface area contributed by atoms with E-state index in [1.54, 1.807) is 42.6 Å². The maximum Gasteiger partial charge on any atom is 0.335 e. The lowest BCUT2D eigenvalue weighted by atomic mass is 9.93. The maximum absolute atomic E-state index is 11.7. The van der Waals surface area contributed by atoms with Crippen molar-refractivity contribution < 1.29 is 19.1 Å². The Labute approximate surface area is 258 Å². The minimum Gasteiger partial charge on any atom is -0.482 e. The zero-order valence-corrected chi connectivity index (χ0v) is 25.3. The van der Waals surface area contributed by atoms with Crippen LogP contribution in [-0.2, 0) is 32.7 Å². The third kappa shape index (κ3) is 6.71. The van der Waals surface area contributed by atoms with Gasteiger partial charge in [-0.1, -0.05) is 23.2 Å². The SMILES string of the molecule is CCn1cncc1Cn1c(CN2CCC(Cc3cnc(COc4ccc(Cl)cc4Cl)o3)CC2)nc2ccc(C(=O)O)cc21. The Morgan fingerprint density at radius 1 is 1.12 bits per heavy atom. The Morgan fingerprint density at radius 2 is 1.95 bits per heavy atom. The first-order chi connectivity index (χ1) is 20.9. The summed E-state index contributed by atoms with van der Waals surface area (Å²) in [6, 6.07) is 10.2. The Kier molecular flexibility index (Phi) is 8.69. The van der Waals surface area contributed by atoms with Crippen molar-refractivity contribution >= 4 is 40.2 Å². The molecule has 43 heavy (non-hydrogen) atoms. The first kappa shape index (κ1) is 29.2. The van der Waals surface area contributed by atoms with Gasteiger partial charge in [-0.2, -0.15) is 0 Å². The van der Waals surface area contributed by atoms with Crippen LogP contribution in [0.25, 0.3) is 11.0 Å². The largest absolute Gasteiger partial charge is 0.482 e. The molecule has 1 aliphatic rings. The summed E-state index contributed by atoms with van der Waals surface area (Å²) in [5, 5.41) is 10.6. The lowest BCUT2D eigenvalue weighted by Crippen LogP contribution is -2.34. The maximum atomic E-state index is 11.7. The highest BCUT2D eigenvalue weighted by Gasteiger charge is 2.24. The van der Waals surface area contributed by atoms with E-state index in [4.69, 9.17) is 37.3 Å². The van der Waals surface area contributed by atoms with E-state index in [1.165, 1.54) is 0 Å². The van der Waals surface area contributed by atoms with E-state index in [0.717, 1.165) is 67.2 Å². The first-order valence-electron chi connectivity index (χ1n) is 14.3. The molecule has 0 amide bonds. The van der Waals surface area contributed by atoms with Crippen molar-refractivity contribution in [2.45, 2.75) is 52.4 Å². The molecule has 0 saturated carbocycles. The number of nitrogens with zero attached hydrogens (tertiary/aromatic N) is 6. The number of fused-ring (bicyclic) bond motifs is 1. The number of imidazole rings is 2. The summed E-state index contributed by atoms with van der Waals surface area (Å²) in [7, 11) is 0. The quantitative estimate of drug-likeness (QED) is 0.182. The standard InChI is InChI=1S/C31H32Cl2N6O4/c1-2-38-19-34-14-23(38)16-39-27-12-21(31(40)41)3-5-26(27)36-29(39)17-37-9-7-20(8-10-37)11-24-15-35-30(43-24)18-42-28-6-4-22(32)13-25(28)33/h3-6,12-15,19-20H,2,7-11,16-18H2,1H3,(H,40,41). The molecule has 5 aromatic rings.